The van der Waals surface area contributed by atoms with Gasteiger partial charge in [-0.05, 0) is 39.7 Å². The molecule has 4 nitrogen and oxygen atoms in total. The molecule has 0 aromatic carbocycles. The molecule has 0 saturated carbocycles. The van der Waals surface area contributed by atoms with Crippen LogP contribution in [0.4, 0.5) is 0 Å². The van der Waals surface area contributed by atoms with Crippen LogP contribution in [0.5, 0.6) is 0 Å². The molecule has 0 saturated heterocycles. The summed E-state index contributed by atoms with van der Waals surface area (Å²) in [5.74, 6) is -0.0688. The van der Waals surface area contributed by atoms with E-state index in [9.17, 15) is 4.79 Å². The fourth-order valence-corrected chi connectivity index (χ4v) is 2.01. The van der Waals surface area contributed by atoms with Gasteiger partial charge >= 0.3 is 5.97 Å². The lowest BCUT2D eigenvalue weighted by molar-refractivity contribution is -0.143. The van der Waals surface area contributed by atoms with Crippen LogP contribution in [-0.2, 0) is 14.3 Å². The number of esters is 1. The Morgan fingerprint density at radius 2 is 1.89 bits per heavy atom. The molecule has 0 rings (SSSR count). The number of ether oxygens (including phenoxy) is 2. The van der Waals surface area contributed by atoms with Crippen molar-refractivity contribution < 1.29 is 14.3 Å². The molecule has 0 aromatic heterocycles. The minimum Gasteiger partial charge on any atom is -0.466 e. The molecular formula is C15H31NO3. The van der Waals surface area contributed by atoms with Crippen LogP contribution < -0.4 is 0 Å². The zero-order valence-electron chi connectivity index (χ0n) is 13.1. The second-order valence-corrected chi connectivity index (χ2v) is 4.90. The third-order valence-corrected chi connectivity index (χ3v) is 3.43. The molecule has 0 spiro atoms. The van der Waals surface area contributed by atoms with E-state index in [1.807, 2.05) is 6.92 Å². The van der Waals surface area contributed by atoms with Crippen molar-refractivity contribution in [2.24, 2.45) is 0 Å². The molecule has 19 heavy (non-hydrogen) atoms. The topological polar surface area (TPSA) is 38.8 Å². The highest BCUT2D eigenvalue weighted by atomic mass is 16.5. The Morgan fingerprint density at radius 1 is 1.16 bits per heavy atom. The molecular weight excluding hydrogens is 242 g/mol. The number of unbranched alkanes of at least 4 members (excludes halogenated alkanes) is 2. The van der Waals surface area contributed by atoms with Crippen molar-refractivity contribution in [1.82, 2.24) is 4.90 Å². The molecule has 0 fully saturated rings. The summed E-state index contributed by atoms with van der Waals surface area (Å²) in [5.41, 5.74) is 0. The lowest BCUT2D eigenvalue weighted by Gasteiger charge is -2.28. The Bertz CT molecular complexity index is 221. The van der Waals surface area contributed by atoms with E-state index >= 15 is 0 Å². The van der Waals surface area contributed by atoms with Crippen LogP contribution in [0.1, 0.15) is 52.9 Å². The normalized spacial score (nSPS) is 12.7. The number of methoxy groups -OCH3 is 1. The van der Waals surface area contributed by atoms with Gasteiger partial charge in [-0.15, -0.1) is 0 Å². The van der Waals surface area contributed by atoms with Gasteiger partial charge in [-0.2, -0.15) is 0 Å². The van der Waals surface area contributed by atoms with E-state index in [0.29, 0.717) is 19.1 Å². The Morgan fingerprint density at radius 3 is 2.47 bits per heavy atom. The predicted molar refractivity (Wildman–Crippen MR) is 78.3 cm³/mol. The van der Waals surface area contributed by atoms with Crippen LogP contribution in [0.2, 0.25) is 0 Å². The second kappa shape index (κ2) is 12.4. The average molecular weight is 273 g/mol. The SMILES string of the molecule is CCOC(=O)CCCCCN(CCOC)C(C)CC. The lowest BCUT2D eigenvalue weighted by atomic mass is 10.1. The Labute approximate surface area is 118 Å². The number of carbonyl (C=O) groups is 1. The highest BCUT2D eigenvalue weighted by Crippen LogP contribution is 2.08. The van der Waals surface area contributed by atoms with Crippen molar-refractivity contribution in [2.45, 2.75) is 58.9 Å². The van der Waals surface area contributed by atoms with Gasteiger partial charge in [0.15, 0.2) is 0 Å². The van der Waals surface area contributed by atoms with Crippen molar-refractivity contribution in [3.8, 4) is 0 Å². The molecule has 0 N–H and O–H groups in total. The van der Waals surface area contributed by atoms with Crippen LogP contribution >= 0.6 is 0 Å². The summed E-state index contributed by atoms with van der Waals surface area (Å²) in [7, 11) is 1.74. The zero-order valence-corrected chi connectivity index (χ0v) is 13.1. The largest absolute Gasteiger partial charge is 0.466 e. The molecule has 0 bridgehead atoms. The molecule has 0 heterocycles. The van der Waals surface area contributed by atoms with Crippen molar-refractivity contribution in [3.63, 3.8) is 0 Å². The molecule has 1 atom stereocenters. The summed E-state index contributed by atoms with van der Waals surface area (Å²) in [4.78, 5) is 13.7. The van der Waals surface area contributed by atoms with Gasteiger partial charge in [0.25, 0.3) is 0 Å². The van der Waals surface area contributed by atoms with Crippen LogP contribution in [0.3, 0.4) is 0 Å². The highest BCUT2D eigenvalue weighted by molar-refractivity contribution is 5.69. The molecule has 0 amide bonds. The maximum absolute atomic E-state index is 11.2. The van der Waals surface area contributed by atoms with E-state index in [0.717, 1.165) is 45.4 Å². The molecule has 114 valence electrons. The molecule has 0 radical (unpaired) electrons. The Kier molecular flexibility index (Phi) is 12.0. The minimum atomic E-state index is -0.0688. The Balaban J connectivity index is 3.71. The number of hydrogen-bond acceptors (Lipinski definition) is 4. The molecule has 0 aliphatic carbocycles. The third kappa shape index (κ3) is 9.91. The quantitative estimate of drug-likeness (QED) is 0.405. The summed E-state index contributed by atoms with van der Waals surface area (Å²) >= 11 is 0. The zero-order chi connectivity index (χ0) is 14.5. The number of hydrogen-bond donors (Lipinski definition) is 0. The van der Waals surface area contributed by atoms with Gasteiger partial charge in [-0.25, -0.2) is 0 Å². The van der Waals surface area contributed by atoms with Crippen molar-refractivity contribution in [2.75, 3.05) is 33.4 Å². The molecule has 0 aliphatic rings. The van der Waals surface area contributed by atoms with Crippen LogP contribution in [0, 0.1) is 0 Å². The van der Waals surface area contributed by atoms with Gasteiger partial charge in [0.1, 0.15) is 0 Å². The highest BCUT2D eigenvalue weighted by Gasteiger charge is 2.11. The van der Waals surface area contributed by atoms with Crippen molar-refractivity contribution in [3.05, 3.63) is 0 Å². The fourth-order valence-electron chi connectivity index (χ4n) is 2.01. The monoisotopic (exact) mass is 273 g/mol. The molecule has 0 aromatic rings. The summed E-state index contributed by atoms with van der Waals surface area (Å²) in [5, 5.41) is 0. The lowest BCUT2D eigenvalue weighted by Crippen LogP contribution is -2.36. The minimum absolute atomic E-state index is 0.0688. The smallest absolute Gasteiger partial charge is 0.305 e. The summed E-state index contributed by atoms with van der Waals surface area (Å²) in [6, 6.07) is 0.597. The molecule has 0 aliphatic heterocycles. The van der Waals surface area contributed by atoms with Gasteiger partial charge in [-0.3, -0.25) is 9.69 Å². The summed E-state index contributed by atoms with van der Waals surface area (Å²) < 4.78 is 10.1. The first-order valence-corrected chi connectivity index (χ1v) is 7.54. The van der Waals surface area contributed by atoms with Crippen molar-refractivity contribution >= 4 is 5.97 Å². The number of rotatable bonds is 12. The fraction of sp³-hybridized carbons (Fsp3) is 0.933. The Hall–Kier alpha value is -0.610. The number of carbonyl (C=O) groups excluding carboxylic acids is 1. The van der Waals surface area contributed by atoms with E-state index < -0.39 is 0 Å². The maximum Gasteiger partial charge on any atom is 0.305 e. The third-order valence-electron chi connectivity index (χ3n) is 3.43. The predicted octanol–water partition coefficient (Wildman–Crippen LogP) is 2.86. The summed E-state index contributed by atoms with van der Waals surface area (Å²) in [6.07, 6.45) is 4.85. The van der Waals surface area contributed by atoms with Gasteiger partial charge < -0.3 is 9.47 Å². The summed E-state index contributed by atoms with van der Waals surface area (Å²) in [6.45, 7) is 9.66. The van der Waals surface area contributed by atoms with Crippen LogP contribution in [0.25, 0.3) is 0 Å². The van der Waals surface area contributed by atoms with E-state index in [1.54, 1.807) is 7.11 Å². The first-order chi connectivity index (χ1) is 9.15. The molecule has 4 heteroatoms. The van der Waals surface area contributed by atoms with E-state index in [1.165, 1.54) is 0 Å². The van der Waals surface area contributed by atoms with Crippen LogP contribution in [0.15, 0.2) is 0 Å². The van der Waals surface area contributed by atoms with Crippen LogP contribution in [-0.4, -0.2) is 50.3 Å². The first-order valence-electron chi connectivity index (χ1n) is 7.54. The van der Waals surface area contributed by atoms with Crippen molar-refractivity contribution in [1.29, 1.82) is 0 Å². The average Bonchev–Trinajstić information content (AvgIpc) is 2.41. The first kappa shape index (κ1) is 18.4. The van der Waals surface area contributed by atoms with Gasteiger partial charge in [0.2, 0.25) is 0 Å². The van der Waals surface area contributed by atoms with Gasteiger partial charge in [0.05, 0.1) is 13.2 Å². The van der Waals surface area contributed by atoms with E-state index in [-0.39, 0.29) is 5.97 Å². The van der Waals surface area contributed by atoms with E-state index in [4.69, 9.17) is 9.47 Å². The second-order valence-electron chi connectivity index (χ2n) is 4.90. The van der Waals surface area contributed by atoms with Gasteiger partial charge in [0, 0.05) is 26.1 Å². The maximum atomic E-state index is 11.2. The standard InChI is InChI=1S/C15H31NO3/c1-5-14(3)16(12-13-18-4)11-9-7-8-10-15(17)19-6-2/h14H,5-13H2,1-4H3. The molecule has 1 unspecified atom stereocenters. The van der Waals surface area contributed by atoms with Gasteiger partial charge in [-0.1, -0.05) is 13.3 Å². The number of nitrogens with zero attached hydrogens (tertiary/aromatic N) is 1. The van der Waals surface area contributed by atoms with E-state index in [2.05, 4.69) is 18.7 Å².